The fourth-order valence-corrected chi connectivity index (χ4v) is 3.35. The number of aliphatic hydroxyl groups is 1. The molecule has 0 aliphatic carbocycles. The first-order chi connectivity index (χ1) is 12.8. The van der Waals surface area contributed by atoms with E-state index in [2.05, 4.69) is 24.1 Å². The predicted molar refractivity (Wildman–Crippen MR) is 111 cm³/mol. The molecule has 0 spiro atoms. The van der Waals surface area contributed by atoms with Gasteiger partial charge >= 0.3 is 0 Å². The summed E-state index contributed by atoms with van der Waals surface area (Å²) in [6.45, 7) is 3.47. The van der Waals surface area contributed by atoms with Gasteiger partial charge in [0.25, 0.3) is 0 Å². The third-order valence-electron chi connectivity index (χ3n) is 5.02. The van der Waals surface area contributed by atoms with Gasteiger partial charge in [-0.1, -0.05) is 70.4 Å². The molecule has 0 amide bonds. The first-order valence-electron chi connectivity index (χ1n) is 10.9. The second-order valence-electron chi connectivity index (χ2n) is 7.37. The number of rotatable bonds is 17. The molecule has 1 N–H and O–H groups in total. The summed E-state index contributed by atoms with van der Waals surface area (Å²) >= 11 is 0. The molecule has 1 aliphatic rings. The lowest BCUT2D eigenvalue weighted by Gasteiger charge is -2.15. The third kappa shape index (κ3) is 10.7. The fraction of sp³-hybridized carbons (Fsp3) is 0.818. The van der Waals surface area contributed by atoms with Gasteiger partial charge in [0, 0.05) is 13.0 Å². The number of hydrogen-bond donors (Lipinski definition) is 1. The Bertz CT molecular complexity index is 418. The van der Waals surface area contributed by atoms with Crippen LogP contribution in [0.3, 0.4) is 0 Å². The zero-order valence-electron chi connectivity index (χ0n) is 16.9. The minimum absolute atomic E-state index is 0.0918. The summed E-state index contributed by atoms with van der Waals surface area (Å²) in [5, 5.41) is 9.18. The van der Waals surface area contributed by atoms with Crippen molar-refractivity contribution in [2.75, 3.05) is 19.8 Å². The normalized spacial score (nSPS) is 14.4. The Kier molecular flexibility index (Phi) is 14.1. The average Bonchev–Trinajstić information content (AvgIpc) is 3.13. The molecule has 0 atom stereocenters. The van der Waals surface area contributed by atoms with Crippen LogP contribution < -0.4 is 0 Å². The maximum absolute atomic E-state index is 12.1. The molecular formula is C22H40N2O2. The van der Waals surface area contributed by atoms with Gasteiger partial charge in [-0.15, -0.1) is 0 Å². The number of unbranched alkanes of at least 4 members (excludes halogenated alkanes) is 11. The highest BCUT2D eigenvalue weighted by Crippen LogP contribution is 2.11. The zero-order valence-corrected chi connectivity index (χ0v) is 16.9. The summed E-state index contributed by atoms with van der Waals surface area (Å²) in [4.78, 5) is 17.9. The maximum Gasteiger partial charge on any atom is 0.197 e. The van der Waals surface area contributed by atoms with Crippen LogP contribution in [0, 0.1) is 0 Å². The molecule has 0 saturated heterocycles. The molecule has 0 saturated carbocycles. The van der Waals surface area contributed by atoms with Crippen LogP contribution in [0.5, 0.6) is 0 Å². The van der Waals surface area contributed by atoms with Gasteiger partial charge in [0.1, 0.15) is 6.73 Å². The lowest BCUT2D eigenvalue weighted by molar-refractivity contribution is -0.113. The molecule has 1 rings (SSSR count). The molecule has 0 aromatic heterocycles. The van der Waals surface area contributed by atoms with Crippen LogP contribution in [0.25, 0.3) is 0 Å². The molecule has 1 heterocycles. The van der Waals surface area contributed by atoms with E-state index in [4.69, 9.17) is 0 Å². The van der Waals surface area contributed by atoms with Crippen molar-refractivity contribution in [1.29, 1.82) is 0 Å². The molecule has 4 heteroatoms. The number of hydrogen-bond acceptors (Lipinski definition) is 4. The van der Waals surface area contributed by atoms with Gasteiger partial charge in [-0.2, -0.15) is 0 Å². The van der Waals surface area contributed by atoms with Gasteiger partial charge in [-0.25, -0.2) is 0 Å². The number of ketones is 1. The molecule has 0 aromatic rings. The molecule has 4 nitrogen and oxygen atoms in total. The average molecular weight is 365 g/mol. The summed E-state index contributed by atoms with van der Waals surface area (Å²) in [6, 6.07) is 0. The monoisotopic (exact) mass is 364 g/mol. The first-order valence-corrected chi connectivity index (χ1v) is 10.9. The van der Waals surface area contributed by atoms with Gasteiger partial charge in [-0.3, -0.25) is 9.79 Å². The molecule has 150 valence electrons. The van der Waals surface area contributed by atoms with Gasteiger partial charge in [0.2, 0.25) is 0 Å². The lowest BCUT2D eigenvalue weighted by Crippen LogP contribution is -2.34. The van der Waals surface area contributed by atoms with Gasteiger partial charge in [-0.05, 0) is 32.1 Å². The van der Waals surface area contributed by atoms with E-state index in [-0.39, 0.29) is 12.5 Å². The number of carbonyl (C=O) groups is 1. The summed E-state index contributed by atoms with van der Waals surface area (Å²) in [6.07, 6.45) is 21.7. The minimum atomic E-state index is -0.100. The standard InChI is InChI=1S/C22H40N2O2/c1-2-3-4-5-6-7-8-9-10-11-12-13-14-15-16-17-21(26)22-23-18-19-24(22)20-25/h9-10,25H,2-8,11-20H2,1H3. The number of allylic oxidation sites excluding steroid dienone is 2. The van der Waals surface area contributed by atoms with Crippen LogP contribution in [-0.2, 0) is 4.79 Å². The van der Waals surface area contributed by atoms with Crippen LogP contribution in [0.15, 0.2) is 17.1 Å². The van der Waals surface area contributed by atoms with Crippen molar-refractivity contribution in [2.45, 2.75) is 96.8 Å². The van der Waals surface area contributed by atoms with Crippen LogP contribution >= 0.6 is 0 Å². The van der Waals surface area contributed by atoms with Gasteiger partial charge in [0.05, 0.1) is 6.54 Å². The van der Waals surface area contributed by atoms with E-state index in [0.29, 0.717) is 25.3 Å². The van der Waals surface area contributed by atoms with Crippen LogP contribution in [0.4, 0.5) is 0 Å². The molecule has 0 radical (unpaired) electrons. The summed E-state index contributed by atoms with van der Waals surface area (Å²) < 4.78 is 0. The molecule has 26 heavy (non-hydrogen) atoms. The third-order valence-corrected chi connectivity index (χ3v) is 5.02. The Morgan fingerprint density at radius 1 is 0.962 bits per heavy atom. The highest BCUT2D eigenvalue weighted by molar-refractivity contribution is 6.39. The number of nitrogens with zero attached hydrogens (tertiary/aromatic N) is 2. The molecule has 0 bridgehead atoms. The van der Waals surface area contributed by atoms with Crippen molar-refractivity contribution in [3.63, 3.8) is 0 Å². The highest BCUT2D eigenvalue weighted by Gasteiger charge is 2.21. The van der Waals surface area contributed by atoms with Crippen molar-refractivity contribution in [3.8, 4) is 0 Å². The molecule has 0 aromatic carbocycles. The Balaban J connectivity index is 1.86. The van der Waals surface area contributed by atoms with Crippen LogP contribution in [-0.4, -0.2) is 41.4 Å². The number of aliphatic imine (C=N–C) groups is 1. The SMILES string of the molecule is CCCCCCCCC=CCCCCCCCC(=O)C1=NCCN1CO. The topological polar surface area (TPSA) is 52.9 Å². The second kappa shape index (κ2) is 16.0. The summed E-state index contributed by atoms with van der Waals surface area (Å²) in [5.74, 6) is 0.581. The Morgan fingerprint density at radius 2 is 1.54 bits per heavy atom. The van der Waals surface area contributed by atoms with E-state index in [1.165, 1.54) is 70.6 Å². The van der Waals surface area contributed by atoms with Crippen molar-refractivity contribution in [2.24, 2.45) is 4.99 Å². The van der Waals surface area contributed by atoms with E-state index < -0.39 is 0 Å². The van der Waals surface area contributed by atoms with Gasteiger partial charge < -0.3 is 10.0 Å². The quantitative estimate of drug-likeness (QED) is 0.283. The van der Waals surface area contributed by atoms with E-state index in [1.54, 1.807) is 4.90 Å². The van der Waals surface area contributed by atoms with E-state index in [1.807, 2.05) is 0 Å². The largest absolute Gasteiger partial charge is 0.376 e. The number of carbonyl (C=O) groups excluding carboxylic acids is 1. The van der Waals surface area contributed by atoms with Crippen molar-refractivity contribution in [3.05, 3.63) is 12.2 Å². The minimum Gasteiger partial charge on any atom is -0.376 e. The van der Waals surface area contributed by atoms with E-state index in [9.17, 15) is 9.90 Å². The first kappa shape index (κ1) is 22.9. The summed E-state index contributed by atoms with van der Waals surface area (Å²) in [5.41, 5.74) is 0. The highest BCUT2D eigenvalue weighted by atomic mass is 16.3. The van der Waals surface area contributed by atoms with Crippen molar-refractivity contribution < 1.29 is 9.90 Å². The van der Waals surface area contributed by atoms with Crippen LogP contribution in [0.2, 0.25) is 0 Å². The number of amidine groups is 1. The zero-order chi connectivity index (χ0) is 18.9. The molecule has 1 aliphatic heterocycles. The maximum atomic E-state index is 12.1. The molecule has 0 fully saturated rings. The summed E-state index contributed by atoms with van der Waals surface area (Å²) in [7, 11) is 0. The Labute approximate surface area is 160 Å². The lowest BCUT2D eigenvalue weighted by atomic mass is 10.1. The van der Waals surface area contributed by atoms with Crippen molar-refractivity contribution >= 4 is 11.6 Å². The molecular weight excluding hydrogens is 324 g/mol. The smallest absolute Gasteiger partial charge is 0.197 e. The number of Topliss-reactive ketones (excluding diaryl/α,β-unsaturated/α-hetero) is 1. The Morgan fingerprint density at radius 3 is 2.15 bits per heavy atom. The van der Waals surface area contributed by atoms with Crippen LogP contribution in [0.1, 0.15) is 96.8 Å². The second-order valence-corrected chi connectivity index (χ2v) is 7.37. The van der Waals surface area contributed by atoms with E-state index in [0.717, 1.165) is 12.8 Å². The fourth-order valence-electron chi connectivity index (χ4n) is 3.35. The number of aliphatic hydroxyl groups excluding tert-OH is 1. The van der Waals surface area contributed by atoms with Crippen molar-refractivity contribution in [1.82, 2.24) is 4.90 Å². The predicted octanol–water partition coefficient (Wildman–Crippen LogP) is 5.26. The van der Waals surface area contributed by atoms with Gasteiger partial charge in [0.15, 0.2) is 11.6 Å². The Hall–Kier alpha value is -1.16. The molecule has 0 unspecified atom stereocenters. The van der Waals surface area contributed by atoms with E-state index >= 15 is 0 Å².